The Labute approximate surface area is 172 Å². The highest BCUT2D eigenvalue weighted by atomic mass is 35.5. The highest BCUT2D eigenvalue weighted by Crippen LogP contribution is 2.35. The molecule has 0 aliphatic rings. The van der Waals surface area contributed by atoms with E-state index >= 15 is 0 Å². The standard InChI is InChI=1S/C20H17Cl2N5O/c1-27(2)19(28)12-23-24-18-11-16(13-7-9-14(21)10-8-13)20(26-25-18)15-5-3-4-6-17(15)22/h3-12H,1-2H3,(H,24,25)/b23-12+. The van der Waals surface area contributed by atoms with E-state index in [0.717, 1.165) is 16.7 Å². The molecule has 1 amide bonds. The normalized spacial score (nSPS) is 10.9. The molecule has 3 aromatic rings. The van der Waals surface area contributed by atoms with E-state index in [0.29, 0.717) is 21.6 Å². The quantitative estimate of drug-likeness (QED) is 0.489. The van der Waals surface area contributed by atoms with Gasteiger partial charge in [-0.1, -0.05) is 53.5 Å². The molecule has 0 saturated carbocycles. The highest BCUT2D eigenvalue weighted by Gasteiger charge is 2.14. The third-order valence-corrected chi connectivity index (χ3v) is 4.45. The number of carbonyl (C=O) groups excluding carboxylic acids is 1. The molecule has 1 aromatic heterocycles. The molecular weight excluding hydrogens is 397 g/mol. The Morgan fingerprint density at radius 2 is 1.75 bits per heavy atom. The van der Waals surface area contributed by atoms with Crippen molar-refractivity contribution < 1.29 is 4.79 Å². The number of anilines is 1. The Kier molecular flexibility index (Phi) is 6.23. The predicted molar refractivity (Wildman–Crippen MR) is 114 cm³/mol. The second-order valence-corrected chi connectivity index (χ2v) is 6.92. The summed E-state index contributed by atoms with van der Waals surface area (Å²) in [5.41, 5.74) is 5.83. The zero-order valence-corrected chi connectivity index (χ0v) is 16.7. The Hall–Kier alpha value is -2.96. The molecule has 1 N–H and O–H groups in total. The van der Waals surface area contributed by atoms with Crippen molar-refractivity contribution in [1.29, 1.82) is 0 Å². The van der Waals surface area contributed by atoms with Crippen molar-refractivity contribution in [3.8, 4) is 22.4 Å². The van der Waals surface area contributed by atoms with E-state index in [1.807, 2.05) is 30.3 Å². The lowest BCUT2D eigenvalue weighted by Gasteiger charge is -2.11. The van der Waals surface area contributed by atoms with Crippen LogP contribution < -0.4 is 5.43 Å². The van der Waals surface area contributed by atoms with Gasteiger partial charge in [0.15, 0.2) is 5.82 Å². The van der Waals surface area contributed by atoms with Crippen molar-refractivity contribution >= 4 is 41.1 Å². The predicted octanol–water partition coefficient (Wildman–Crippen LogP) is 4.60. The van der Waals surface area contributed by atoms with Gasteiger partial charge in [0.05, 0.1) is 5.02 Å². The van der Waals surface area contributed by atoms with Crippen LogP contribution in [0.4, 0.5) is 5.82 Å². The van der Waals surface area contributed by atoms with Gasteiger partial charge in [-0.25, -0.2) is 0 Å². The first-order chi connectivity index (χ1) is 13.5. The van der Waals surface area contributed by atoms with Gasteiger partial charge in [0.1, 0.15) is 11.9 Å². The van der Waals surface area contributed by atoms with E-state index in [1.54, 1.807) is 38.4 Å². The molecule has 0 atom stereocenters. The van der Waals surface area contributed by atoms with E-state index in [9.17, 15) is 4.79 Å². The van der Waals surface area contributed by atoms with E-state index < -0.39 is 0 Å². The first-order valence-electron chi connectivity index (χ1n) is 8.34. The average molecular weight is 414 g/mol. The lowest BCUT2D eigenvalue weighted by molar-refractivity contribution is -0.121. The average Bonchev–Trinajstić information content (AvgIpc) is 2.69. The molecule has 0 bridgehead atoms. The Balaban J connectivity index is 2.02. The van der Waals surface area contributed by atoms with Crippen LogP contribution in [-0.4, -0.2) is 41.3 Å². The molecule has 3 rings (SSSR count). The zero-order valence-electron chi connectivity index (χ0n) is 15.2. The molecule has 28 heavy (non-hydrogen) atoms. The van der Waals surface area contributed by atoms with E-state index in [4.69, 9.17) is 23.2 Å². The van der Waals surface area contributed by atoms with Gasteiger partial charge in [-0.2, -0.15) is 5.10 Å². The molecule has 6 nitrogen and oxygen atoms in total. The number of hydrogen-bond donors (Lipinski definition) is 1. The maximum absolute atomic E-state index is 11.6. The summed E-state index contributed by atoms with van der Waals surface area (Å²) in [7, 11) is 3.29. The van der Waals surface area contributed by atoms with Gasteiger partial charge in [0.2, 0.25) is 0 Å². The Morgan fingerprint density at radius 1 is 1.04 bits per heavy atom. The number of hydrazone groups is 1. The molecule has 0 aliphatic heterocycles. The number of rotatable bonds is 5. The SMILES string of the molecule is CN(C)C(=O)/C=N/Nc1cc(-c2ccc(Cl)cc2)c(-c2ccccc2Cl)nn1. The molecule has 2 aromatic carbocycles. The minimum atomic E-state index is -0.244. The lowest BCUT2D eigenvalue weighted by atomic mass is 10.00. The topological polar surface area (TPSA) is 70.5 Å². The van der Waals surface area contributed by atoms with Crippen molar-refractivity contribution in [2.75, 3.05) is 19.5 Å². The van der Waals surface area contributed by atoms with Crippen LogP contribution in [0.25, 0.3) is 22.4 Å². The molecule has 0 radical (unpaired) electrons. The third-order valence-electron chi connectivity index (χ3n) is 3.87. The van der Waals surface area contributed by atoms with Gasteiger partial charge in [-0.15, -0.1) is 10.2 Å². The van der Waals surface area contributed by atoms with Gasteiger partial charge in [-0.3, -0.25) is 10.2 Å². The number of nitrogens with zero attached hydrogens (tertiary/aromatic N) is 4. The summed E-state index contributed by atoms with van der Waals surface area (Å²) in [6.45, 7) is 0. The summed E-state index contributed by atoms with van der Waals surface area (Å²) in [5, 5.41) is 13.6. The first-order valence-corrected chi connectivity index (χ1v) is 9.10. The van der Waals surface area contributed by atoms with Gasteiger partial charge in [0.25, 0.3) is 5.91 Å². The fraction of sp³-hybridized carbons (Fsp3) is 0.100. The van der Waals surface area contributed by atoms with Crippen molar-refractivity contribution in [3.63, 3.8) is 0 Å². The van der Waals surface area contributed by atoms with Crippen molar-refractivity contribution in [1.82, 2.24) is 15.1 Å². The molecule has 0 unspecified atom stereocenters. The van der Waals surface area contributed by atoms with Gasteiger partial charge < -0.3 is 4.90 Å². The maximum atomic E-state index is 11.6. The first kappa shape index (κ1) is 19.8. The molecule has 0 spiro atoms. The van der Waals surface area contributed by atoms with Crippen LogP contribution in [0.15, 0.2) is 59.7 Å². The molecule has 8 heteroatoms. The summed E-state index contributed by atoms with van der Waals surface area (Å²) >= 11 is 12.4. The molecule has 0 fully saturated rings. The summed E-state index contributed by atoms with van der Waals surface area (Å²) in [6, 6.07) is 16.6. The summed E-state index contributed by atoms with van der Waals surface area (Å²) < 4.78 is 0. The van der Waals surface area contributed by atoms with Crippen LogP contribution in [0.3, 0.4) is 0 Å². The molecule has 0 saturated heterocycles. The van der Waals surface area contributed by atoms with Crippen LogP contribution in [0, 0.1) is 0 Å². The summed E-state index contributed by atoms with van der Waals surface area (Å²) in [4.78, 5) is 13.0. The second-order valence-electron chi connectivity index (χ2n) is 6.08. The lowest BCUT2D eigenvalue weighted by Crippen LogP contribution is -2.22. The molecular formula is C20H17Cl2N5O. The summed E-state index contributed by atoms with van der Waals surface area (Å²) in [6.07, 6.45) is 1.17. The second kappa shape index (κ2) is 8.82. The van der Waals surface area contributed by atoms with Crippen LogP contribution >= 0.6 is 23.2 Å². The van der Waals surface area contributed by atoms with Crippen molar-refractivity contribution in [2.24, 2.45) is 5.10 Å². The zero-order chi connectivity index (χ0) is 20.1. The molecule has 0 aliphatic carbocycles. The van der Waals surface area contributed by atoms with Crippen molar-refractivity contribution in [2.45, 2.75) is 0 Å². The maximum Gasteiger partial charge on any atom is 0.266 e. The fourth-order valence-electron chi connectivity index (χ4n) is 2.42. The minimum Gasteiger partial charge on any atom is -0.344 e. The van der Waals surface area contributed by atoms with Crippen LogP contribution in [0.5, 0.6) is 0 Å². The minimum absolute atomic E-state index is 0.244. The van der Waals surface area contributed by atoms with Gasteiger partial charge in [0, 0.05) is 30.2 Å². The van der Waals surface area contributed by atoms with Crippen molar-refractivity contribution in [3.05, 3.63) is 64.6 Å². The number of hydrogen-bond acceptors (Lipinski definition) is 5. The van der Waals surface area contributed by atoms with E-state index in [2.05, 4.69) is 20.7 Å². The van der Waals surface area contributed by atoms with Gasteiger partial charge in [-0.05, 0) is 29.8 Å². The smallest absolute Gasteiger partial charge is 0.266 e. The van der Waals surface area contributed by atoms with Crippen LogP contribution in [0.1, 0.15) is 0 Å². The third kappa shape index (κ3) is 4.65. The Bertz CT molecular complexity index is 1020. The summed E-state index contributed by atoms with van der Waals surface area (Å²) in [5.74, 6) is 0.148. The number of halogens is 2. The highest BCUT2D eigenvalue weighted by molar-refractivity contribution is 6.33. The number of nitrogens with one attached hydrogen (secondary N) is 1. The number of aromatic nitrogens is 2. The van der Waals surface area contributed by atoms with E-state index in [1.165, 1.54) is 11.1 Å². The number of amides is 1. The molecule has 142 valence electrons. The monoisotopic (exact) mass is 413 g/mol. The number of carbonyl (C=O) groups is 1. The van der Waals surface area contributed by atoms with Gasteiger partial charge >= 0.3 is 0 Å². The molecule has 1 heterocycles. The number of benzene rings is 2. The Morgan fingerprint density at radius 3 is 2.43 bits per heavy atom. The van der Waals surface area contributed by atoms with Crippen LogP contribution in [0.2, 0.25) is 10.0 Å². The van der Waals surface area contributed by atoms with E-state index in [-0.39, 0.29) is 5.91 Å². The largest absolute Gasteiger partial charge is 0.344 e. The fourth-order valence-corrected chi connectivity index (χ4v) is 2.77. The van der Waals surface area contributed by atoms with Crippen LogP contribution in [-0.2, 0) is 4.79 Å².